The Bertz CT molecular complexity index is 531. The minimum Gasteiger partial charge on any atom is -0.380 e. The maximum absolute atomic E-state index is 11.9. The Balaban J connectivity index is 2.09. The van der Waals surface area contributed by atoms with Crippen LogP contribution in [-0.2, 0) is 4.74 Å². The van der Waals surface area contributed by atoms with Gasteiger partial charge in [0.25, 0.3) is 11.6 Å². The fraction of sp³-hybridized carbons (Fsp3) is 0.455. The Morgan fingerprint density at radius 1 is 1.68 bits per heavy atom. The van der Waals surface area contributed by atoms with E-state index in [9.17, 15) is 14.9 Å². The van der Waals surface area contributed by atoms with Crippen LogP contribution in [0, 0.1) is 15.5 Å². The molecule has 1 saturated heterocycles. The maximum Gasteiger partial charge on any atom is 0.288 e. The van der Waals surface area contributed by atoms with E-state index < -0.39 is 10.8 Å². The molecule has 1 aromatic heterocycles. The molecule has 7 nitrogen and oxygen atoms in total. The number of carbonyl (C=O) groups is 1. The summed E-state index contributed by atoms with van der Waals surface area (Å²) in [5.74, 6) is -0.477. The number of nitro groups is 1. The predicted molar refractivity (Wildman–Crippen MR) is 67.2 cm³/mol. The summed E-state index contributed by atoms with van der Waals surface area (Å²) in [4.78, 5) is 25.6. The summed E-state index contributed by atoms with van der Waals surface area (Å²) in [6, 6.07) is 1.12. The van der Waals surface area contributed by atoms with Crippen molar-refractivity contribution in [1.82, 2.24) is 10.3 Å². The summed E-state index contributed by atoms with van der Waals surface area (Å²) in [5, 5.41) is 13.3. The number of pyridine rings is 1. The molecule has 1 aliphatic heterocycles. The van der Waals surface area contributed by atoms with Gasteiger partial charge in [0.15, 0.2) is 0 Å². The summed E-state index contributed by atoms with van der Waals surface area (Å²) < 4.78 is 5.07. The number of amides is 1. The number of nitrogens with one attached hydrogen (secondary N) is 1. The lowest BCUT2D eigenvalue weighted by Crippen LogP contribution is -2.48. The molecule has 19 heavy (non-hydrogen) atoms. The number of nitrogens with zero attached hydrogens (tertiary/aromatic N) is 2. The van der Waals surface area contributed by atoms with E-state index in [0.717, 1.165) is 12.3 Å². The third-order valence-corrected chi connectivity index (χ3v) is 3.16. The molecule has 0 spiro atoms. The van der Waals surface area contributed by atoms with E-state index in [1.165, 1.54) is 0 Å². The number of ether oxygens (including phenoxy) is 1. The first-order valence-corrected chi connectivity index (χ1v) is 5.95. The van der Waals surface area contributed by atoms with Crippen LogP contribution in [0.5, 0.6) is 0 Å². The van der Waals surface area contributed by atoms with Crippen molar-refractivity contribution in [2.75, 3.05) is 19.8 Å². The fourth-order valence-electron chi connectivity index (χ4n) is 1.64. The first-order chi connectivity index (χ1) is 8.91. The SMILES string of the molecule is CC1(CNC(=O)c2cc([N+](=O)[O-])cnc2Cl)COC1. The summed E-state index contributed by atoms with van der Waals surface area (Å²) in [5.41, 5.74) is -0.358. The van der Waals surface area contributed by atoms with Crippen LogP contribution in [0.25, 0.3) is 0 Å². The number of aromatic nitrogens is 1. The van der Waals surface area contributed by atoms with Crippen LogP contribution >= 0.6 is 11.6 Å². The van der Waals surface area contributed by atoms with E-state index in [1.54, 1.807) is 0 Å². The number of hydrogen-bond donors (Lipinski definition) is 1. The Morgan fingerprint density at radius 3 is 2.89 bits per heavy atom. The molecule has 0 radical (unpaired) electrons. The van der Waals surface area contributed by atoms with Gasteiger partial charge in [-0.2, -0.15) is 0 Å². The zero-order valence-corrected chi connectivity index (χ0v) is 10.9. The number of halogens is 1. The highest BCUT2D eigenvalue weighted by Crippen LogP contribution is 2.25. The second kappa shape index (κ2) is 5.10. The highest BCUT2D eigenvalue weighted by molar-refractivity contribution is 6.32. The zero-order valence-electron chi connectivity index (χ0n) is 10.2. The molecule has 1 amide bonds. The molecule has 1 aromatic rings. The van der Waals surface area contributed by atoms with Gasteiger partial charge >= 0.3 is 0 Å². The standard InChI is InChI=1S/C11H12ClN3O4/c1-11(5-19-6-11)4-14-10(16)8-2-7(15(17)18)3-13-9(8)12/h2-3H,4-6H2,1H3,(H,14,16). The molecule has 1 aliphatic rings. The largest absolute Gasteiger partial charge is 0.380 e. The van der Waals surface area contributed by atoms with Crippen molar-refractivity contribution in [2.45, 2.75) is 6.92 Å². The van der Waals surface area contributed by atoms with Crippen LogP contribution in [0.2, 0.25) is 5.15 Å². The minimum atomic E-state index is -0.624. The quantitative estimate of drug-likeness (QED) is 0.513. The van der Waals surface area contributed by atoms with E-state index >= 15 is 0 Å². The van der Waals surface area contributed by atoms with E-state index in [2.05, 4.69) is 10.3 Å². The van der Waals surface area contributed by atoms with Crippen molar-refractivity contribution in [1.29, 1.82) is 0 Å². The van der Waals surface area contributed by atoms with Crippen LogP contribution in [0.1, 0.15) is 17.3 Å². The minimum absolute atomic E-state index is 0.000270. The highest BCUT2D eigenvalue weighted by atomic mass is 35.5. The fourth-order valence-corrected chi connectivity index (χ4v) is 1.83. The molecular formula is C11H12ClN3O4. The van der Waals surface area contributed by atoms with Gasteiger partial charge in [-0.1, -0.05) is 18.5 Å². The molecule has 2 rings (SSSR count). The summed E-state index contributed by atoms with van der Waals surface area (Å²) in [7, 11) is 0. The summed E-state index contributed by atoms with van der Waals surface area (Å²) >= 11 is 5.77. The highest BCUT2D eigenvalue weighted by Gasteiger charge is 2.33. The lowest BCUT2D eigenvalue weighted by atomic mass is 9.89. The number of hydrogen-bond acceptors (Lipinski definition) is 5. The molecule has 0 unspecified atom stereocenters. The topological polar surface area (TPSA) is 94.4 Å². The predicted octanol–water partition coefficient (Wildman–Crippen LogP) is 1.41. The van der Waals surface area contributed by atoms with Gasteiger partial charge < -0.3 is 10.1 Å². The van der Waals surface area contributed by atoms with Crippen LogP contribution < -0.4 is 5.32 Å². The molecule has 0 bridgehead atoms. The number of rotatable bonds is 4. The van der Waals surface area contributed by atoms with Gasteiger partial charge in [-0.15, -0.1) is 0 Å². The van der Waals surface area contributed by atoms with Gasteiger partial charge in [-0.3, -0.25) is 14.9 Å². The van der Waals surface area contributed by atoms with Crippen molar-refractivity contribution in [3.63, 3.8) is 0 Å². The molecule has 0 atom stereocenters. The Kier molecular flexibility index (Phi) is 3.68. The zero-order chi connectivity index (χ0) is 14.0. The van der Waals surface area contributed by atoms with Crippen molar-refractivity contribution in [3.05, 3.63) is 33.1 Å². The summed E-state index contributed by atoms with van der Waals surface area (Å²) in [6.07, 6.45) is 1.01. The first-order valence-electron chi connectivity index (χ1n) is 5.57. The van der Waals surface area contributed by atoms with E-state index in [-0.39, 0.29) is 21.8 Å². The van der Waals surface area contributed by atoms with Gasteiger partial charge in [0.2, 0.25) is 0 Å². The monoisotopic (exact) mass is 285 g/mol. The molecule has 0 aliphatic carbocycles. The first kappa shape index (κ1) is 13.7. The molecule has 8 heteroatoms. The van der Waals surface area contributed by atoms with Crippen molar-refractivity contribution < 1.29 is 14.5 Å². The lowest BCUT2D eigenvalue weighted by Gasteiger charge is -2.38. The van der Waals surface area contributed by atoms with Gasteiger partial charge in [-0.25, -0.2) is 4.98 Å². The van der Waals surface area contributed by atoms with E-state index in [1.807, 2.05) is 6.92 Å². The molecule has 1 fully saturated rings. The van der Waals surface area contributed by atoms with Gasteiger partial charge in [0.05, 0.1) is 23.7 Å². The van der Waals surface area contributed by atoms with E-state index in [4.69, 9.17) is 16.3 Å². The van der Waals surface area contributed by atoms with Crippen molar-refractivity contribution in [3.8, 4) is 0 Å². The van der Waals surface area contributed by atoms with Crippen LogP contribution in [0.4, 0.5) is 5.69 Å². The molecule has 1 N–H and O–H groups in total. The Morgan fingerprint density at radius 2 is 2.37 bits per heavy atom. The normalized spacial score (nSPS) is 16.5. The average molecular weight is 286 g/mol. The molecular weight excluding hydrogens is 274 g/mol. The van der Waals surface area contributed by atoms with E-state index in [0.29, 0.717) is 19.8 Å². The average Bonchev–Trinajstić information content (AvgIpc) is 2.34. The summed E-state index contributed by atoms with van der Waals surface area (Å²) in [6.45, 7) is 3.55. The molecule has 2 heterocycles. The second-order valence-electron chi connectivity index (χ2n) is 4.78. The Labute approximate surface area is 114 Å². The molecule has 102 valence electrons. The smallest absolute Gasteiger partial charge is 0.288 e. The van der Waals surface area contributed by atoms with Crippen molar-refractivity contribution >= 4 is 23.2 Å². The molecule has 0 aromatic carbocycles. The van der Waals surface area contributed by atoms with Crippen LogP contribution in [0.15, 0.2) is 12.3 Å². The van der Waals surface area contributed by atoms with Gasteiger partial charge in [-0.05, 0) is 0 Å². The van der Waals surface area contributed by atoms with Crippen LogP contribution in [0.3, 0.4) is 0 Å². The van der Waals surface area contributed by atoms with Gasteiger partial charge in [0, 0.05) is 18.0 Å². The third-order valence-electron chi connectivity index (χ3n) is 2.86. The Hall–Kier alpha value is -1.73. The number of carbonyl (C=O) groups excluding carboxylic acids is 1. The van der Waals surface area contributed by atoms with Crippen LogP contribution in [-0.4, -0.2) is 35.6 Å². The van der Waals surface area contributed by atoms with Gasteiger partial charge in [0.1, 0.15) is 11.3 Å². The second-order valence-corrected chi connectivity index (χ2v) is 5.13. The lowest BCUT2D eigenvalue weighted by molar-refractivity contribution is -0.385. The maximum atomic E-state index is 11.9. The van der Waals surface area contributed by atoms with Crippen molar-refractivity contribution in [2.24, 2.45) is 5.41 Å². The third kappa shape index (κ3) is 2.99. The molecule has 0 saturated carbocycles.